The van der Waals surface area contributed by atoms with Crippen LogP contribution in [-0.2, 0) is 14.8 Å². The van der Waals surface area contributed by atoms with E-state index in [4.69, 9.17) is 14.2 Å². The predicted octanol–water partition coefficient (Wildman–Crippen LogP) is 8.61. The summed E-state index contributed by atoms with van der Waals surface area (Å²) in [5.41, 5.74) is 2.31. The number of piperidine rings is 1. The fraction of sp³-hybridized carbons (Fsp3) is 0.500. The summed E-state index contributed by atoms with van der Waals surface area (Å²) in [4.78, 5) is 41.0. The molecule has 2 aromatic carbocycles. The van der Waals surface area contributed by atoms with Crippen molar-refractivity contribution in [3.05, 3.63) is 99.6 Å². The highest BCUT2D eigenvalue weighted by Gasteiger charge is 2.50. The molecule has 5 heterocycles. The van der Waals surface area contributed by atoms with Crippen molar-refractivity contribution in [3.63, 3.8) is 0 Å². The van der Waals surface area contributed by atoms with Crippen molar-refractivity contribution in [2.45, 2.75) is 114 Å². The number of aliphatic hydroxyl groups is 1. The third-order valence-electron chi connectivity index (χ3n) is 15.0. The van der Waals surface area contributed by atoms with Crippen molar-refractivity contribution in [1.82, 2.24) is 24.6 Å². The number of benzene rings is 2. The summed E-state index contributed by atoms with van der Waals surface area (Å²) in [7, 11) is -3.36. The normalized spacial score (nSPS) is 23.2. The number of aromatic amines is 1. The lowest BCUT2D eigenvalue weighted by molar-refractivity contribution is -0.384. The van der Waals surface area contributed by atoms with Crippen LogP contribution in [0.2, 0.25) is 0 Å². The Morgan fingerprint density at radius 2 is 1.81 bits per heavy atom. The van der Waals surface area contributed by atoms with Gasteiger partial charge in [0, 0.05) is 62.3 Å². The molecule has 3 aromatic heterocycles. The molecule has 4 N–H and O–H groups in total. The molecule has 0 radical (unpaired) electrons. The third kappa shape index (κ3) is 9.96. The summed E-state index contributed by atoms with van der Waals surface area (Å²) in [6.07, 6.45) is 8.86. The molecule has 69 heavy (non-hydrogen) atoms. The number of nitrogens with one attached hydrogen (secondary N) is 3. The molecule has 368 valence electrons. The van der Waals surface area contributed by atoms with Gasteiger partial charge < -0.3 is 34.5 Å². The number of morpholine rings is 1. The van der Waals surface area contributed by atoms with Crippen LogP contribution in [0.1, 0.15) is 113 Å². The minimum absolute atomic E-state index is 0.0137. The van der Waals surface area contributed by atoms with Gasteiger partial charge in [-0.1, -0.05) is 38.1 Å². The van der Waals surface area contributed by atoms with Gasteiger partial charge in [-0.3, -0.25) is 19.8 Å². The summed E-state index contributed by atoms with van der Waals surface area (Å²) in [5, 5.41) is 25.6. The van der Waals surface area contributed by atoms with Crippen LogP contribution >= 0.6 is 0 Å². The Bertz CT molecular complexity index is 2830. The van der Waals surface area contributed by atoms with E-state index in [1.165, 1.54) is 30.4 Å². The molecular weight excluding hydrogens is 908 g/mol. The van der Waals surface area contributed by atoms with E-state index in [1.54, 1.807) is 19.1 Å². The smallest absolute Gasteiger partial charge is 0.312 e. The molecule has 2 aliphatic heterocycles. The molecule has 2 saturated carbocycles. The lowest BCUT2D eigenvalue weighted by Gasteiger charge is -2.58. The number of methoxy groups -OCH3 is 1. The lowest BCUT2D eigenvalue weighted by atomic mass is 9.59. The number of H-pyrrole nitrogens is 1. The van der Waals surface area contributed by atoms with E-state index in [0.717, 1.165) is 69.5 Å². The number of halogens is 1. The number of nitro groups is 1. The van der Waals surface area contributed by atoms with Crippen LogP contribution in [0.3, 0.4) is 0 Å². The molecule has 17 nitrogen and oxygen atoms in total. The first kappa shape index (κ1) is 48.1. The minimum atomic E-state index is -4.73. The number of pyridine rings is 2. The molecule has 4 aliphatic rings. The number of sulfonamides is 1. The number of rotatable bonds is 14. The number of aromatic nitrogens is 3. The number of carbonyl (C=O) groups excluding carboxylic acids is 1. The summed E-state index contributed by atoms with van der Waals surface area (Å²) < 4.78 is 62.6. The van der Waals surface area contributed by atoms with E-state index in [2.05, 4.69) is 75.1 Å². The van der Waals surface area contributed by atoms with Crippen LogP contribution in [0.25, 0.3) is 11.0 Å². The maximum absolute atomic E-state index is 14.8. The highest BCUT2D eigenvalue weighted by molar-refractivity contribution is 7.90. The van der Waals surface area contributed by atoms with Crippen molar-refractivity contribution in [2.75, 3.05) is 50.1 Å². The Hall–Kier alpha value is -5.89. The highest BCUT2D eigenvalue weighted by Crippen LogP contribution is 2.54. The van der Waals surface area contributed by atoms with Gasteiger partial charge in [0.1, 0.15) is 22.1 Å². The Kier molecular flexibility index (Phi) is 13.3. The monoisotopic (exact) mass is 968 g/mol. The van der Waals surface area contributed by atoms with E-state index in [0.29, 0.717) is 50.8 Å². The van der Waals surface area contributed by atoms with Gasteiger partial charge in [-0.15, -0.1) is 0 Å². The molecule has 19 heteroatoms. The van der Waals surface area contributed by atoms with E-state index in [-0.39, 0.29) is 63.3 Å². The van der Waals surface area contributed by atoms with E-state index < -0.39 is 42.9 Å². The largest absolute Gasteiger partial charge is 0.478 e. The molecule has 2 saturated heterocycles. The summed E-state index contributed by atoms with van der Waals surface area (Å²) >= 11 is 0. The van der Waals surface area contributed by atoms with Crippen LogP contribution in [0.4, 0.5) is 21.6 Å². The predicted molar refractivity (Wildman–Crippen MR) is 258 cm³/mol. The number of hydrogen-bond acceptors (Lipinski definition) is 14. The van der Waals surface area contributed by atoms with Crippen molar-refractivity contribution in [1.29, 1.82) is 0 Å². The van der Waals surface area contributed by atoms with Gasteiger partial charge in [-0.2, -0.15) is 4.98 Å². The van der Waals surface area contributed by atoms with Gasteiger partial charge in [0.2, 0.25) is 5.82 Å². The first-order valence-electron chi connectivity index (χ1n) is 23.9. The average Bonchev–Trinajstić information content (AvgIpc) is 3.68. The fourth-order valence-electron chi connectivity index (χ4n) is 10.9. The molecule has 1 spiro atoms. The first-order chi connectivity index (χ1) is 32.9. The Morgan fingerprint density at radius 3 is 2.52 bits per heavy atom. The van der Waals surface area contributed by atoms with Crippen molar-refractivity contribution < 1.29 is 41.8 Å². The molecule has 9 rings (SSSR count). The molecule has 5 aromatic rings. The second-order valence-electron chi connectivity index (χ2n) is 20.0. The van der Waals surface area contributed by atoms with Crippen molar-refractivity contribution in [3.8, 4) is 17.4 Å². The lowest BCUT2D eigenvalue weighted by Crippen LogP contribution is -2.59. The van der Waals surface area contributed by atoms with Crippen molar-refractivity contribution >= 4 is 44.2 Å². The molecule has 4 fully saturated rings. The second kappa shape index (κ2) is 19.1. The maximum atomic E-state index is 14.8. The van der Waals surface area contributed by atoms with Crippen LogP contribution in [0.5, 0.6) is 17.4 Å². The molecule has 0 bridgehead atoms. The zero-order valence-corrected chi connectivity index (χ0v) is 40.5. The van der Waals surface area contributed by atoms with Gasteiger partial charge in [0.25, 0.3) is 21.8 Å². The molecule has 2 atom stereocenters. The summed E-state index contributed by atoms with van der Waals surface area (Å²) in [6.45, 7) is 11.9. The highest BCUT2D eigenvalue weighted by atomic mass is 32.2. The standard InChI is InChI=1S/C50H61FN8O9S/c1-30(2)36-8-6-7-9-37(36)44-31(3)67-21-20-58(44)34-25-50(26-34)16-18-57(19-17-50)33-10-11-38(42(22-33)68-43-24-39-40(51)29-54-45(39)55-48(43)66-5)47(60)56-69(64,65)35-23-41(59(62)63)46(53-28-35)52-27-32-12-14-49(4,61)15-13-32/h6-11,22-24,28-32,34,44,61H,12-21,25-27H2,1-5H3,(H,52,53)(H,54,55)(H,56,60)/t31?,32?,44-,49?/m0/s1. The Balaban J connectivity index is 0.933. The number of hydrogen-bond donors (Lipinski definition) is 4. The summed E-state index contributed by atoms with van der Waals surface area (Å²) in [5.74, 6) is -1.34. The number of carbonyl (C=O) groups is 1. The van der Waals surface area contributed by atoms with E-state index >= 15 is 0 Å². The maximum Gasteiger partial charge on any atom is 0.312 e. The second-order valence-corrected chi connectivity index (χ2v) is 21.6. The topological polar surface area (TPSA) is 214 Å². The third-order valence-corrected chi connectivity index (χ3v) is 16.3. The first-order valence-corrected chi connectivity index (χ1v) is 25.3. The van der Waals surface area contributed by atoms with Crippen molar-refractivity contribution in [2.24, 2.45) is 11.3 Å². The van der Waals surface area contributed by atoms with Gasteiger partial charge in [-0.25, -0.2) is 22.5 Å². The minimum Gasteiger partial charge on any atom is -0.478 e. The molecule has 1 amide bonds. The van der Waals surface area contributed by atoms with Gasteiger partial charge in [-0.05, 0) is 106 Å². The molecular formula is C50H61FN8O9S. The molecule has 1 unspecified atom stereocenters. The Morgan fingerprint density at radius 1 is 1.07 bits per heavy atom. The quantitative estimate of drug-likeness (QED) is 0.0606. The number of anilines is 2. The summed E-state index contributed by atoms with van der Waals surface area (Å²) in [6, 6.07) is 16.4. The van der Waals surface area contributed by atoms with Crippen LogP contribution in [0.15, 0.2) is 71.9 Å². The number of nitrogens with zero attached hydrogens (tertiary/aromatic N) is 5. The average molecular weight is 969 g/mol. The number of fused-ring (bicyclic) bond motifs is 1. The Labute approximate surface area is 401 Å². The van der Waals surface area contributed by atoms with Gasteiger partial charge >= 0.3 is 5.69 Å². The fourth-order valence-corrected chi connectivity index (χ4v) is 11.9. The van der Waals surface area contributed by atoms with Gasteiger partial charge in [0.15, 0.2) is 5.75 Å². The van der Waals surface area contributed by atoms with Gasteiger partial charge in [0.05, 0.1) is 53.5 Å². The zero-order chi connectivity index (χ0) is 48.8. The number of ether oxygens (including phenoxy) is 3. The van der Waals surface area contributed by atoms with E-state index in [9.17, 15) is 32.8 Å². The van der Waals surface area contributed by atoms with Crippen LogP contribution in [-0.4, -0.2) is 102 Å². The number of amides is 1. The molecule has 2 aliphatic carbocycles. The van der Waals surface area contributed by atoms with Crippen LogP contribution < -0.4 is 24.4 Å². The zero-order valence-electron chi connectivity index (χ0n) is 39.7. The van der Waals surface area contributed by atoms with Crippen LogP contribution in [0, 0.1) is 27.3 Å². The van der Waals surface area contributed by atoms with E-state index in [1.807, 2.05) is 4.72 Å². The SMILES string of the molecule is COc1nc2[nH]cc(F)c2cc1Oc1cc(N2CCC3(CC2)CC(N2CCOC(C)[C@H]2c2ccccc2C(C)C)C3)ccc1C(=O)NS(=O)(=O)c1cnc(NCC2CCC(C)(O)CC2)c([N+](=O)[O-])c1.